The average Bonchev–Trinajstić information content (AvgIpc) is 2.57. The van der Waals surface area contributed by atoms with Crippen molar-refractivity contribution in [3.63, 3.8) is 0 Å². The number of aromatic nitrogens is 1. The van der Waals surface area contributed by atoms with Crippen molar-refractivity contribution in [2.24, 2.45) is 0 Å². The van der Waals surface area contributed by atoms with Gasteiger partial charge in [-0.15, -0.1) is 0 Å². The number of hydrogen-bond donors (Lipinski definition) is 0. The summed E-state index contributed by atoms with van der Waals surface area (Å²) in [5.41, 5.74) is 0. The lowest BCUT2D eigenvalue weighted by atomic mass is 10.3. The third kappa shape index (κ3) is 3.09. The molecule has 0 aliphatic carbocycles. The van der Waals surface area contributed by atoms with Gasteiger partial charge < -0.3 is 9.30 Å². The molecule has 1 aromatic heterocycles. The summed E-state index contributed by atoms with van der Waals surface area (Å²) < 4.78 is 7.67. The maximum Gasteiger partial charge on any atom is 0.0649 e. The average molecular weight is 167 g/mol. The molecule has 12 heavy (non-hydrogen) atoms. The van der Waals surface area contributed by atoms with Crippen LogP contribution in [0.5, 0.6) is 0 Å². The molecule has 0 N–H and O–H groups in total. The molecule has 1 rings (SSSR count). The van der Waals surface area contributed by atoms with Crippen LogP contribution in [0.4, 0.5) is 0 Å². The zero-order chi connectivity index (χ0) is 8.81. The fourth-order valence-corrected chi connectivity index (χ4v) is 0.996. The Balaban J connectivity index is 2.11. The van der Waals surface area contributed by atoms with Crippen molar-refractivity contribution in [1.29, 1.82) is 0 Å². The lowest BCUT2D eigenvalue weighted by Gasteiger charge is -2.10. The summed E-state index contributed by atoms with van der Waals surface area (Å²) in [6, 6.07) is 4.06. The Morgan fingerprint density at radius 2 is 2.00 bits per heavy atom. The fourth-order valence-electron chi connectivity index (χ4n) is 0.996. The molecule has 0 aromatic carbocycles. The number of rotatable bonds is 5. The van der Waals surface area contributed by atoms with Crippen LogP contribution in [-0.2, 0) is 11.3 Å². The summed E-state index contributed by atoms with van der Waals surface area (Å²) in [4.78, 5) is 0. The van der Waals surface area contributed by atoms with Gasteiger partial charge >= 0.3 is 0 Å². The Labute approximate surface area is 74.2 Å². The van der Waals surface area contributed by atoms with Gasteiger partial charge in [-0.2, -0.15) is 0 Å². The monoisotopic (exact) mass is 167 g/mol. The highest BCUT2D eigenvalue weighted by atomic mass is 16.5. The summed E-state index contributed by atoms with van der Waals surface area (Å²) in [7, 11) is 0. The van der Waals surface area contributed by atoms with Gasteiger partial charge in [0, 0.05) is 18.9 Å². The van der Waals surface area contributed by atoms with E-state index in [0.717, 1.165) is 19.6 Å². The number of nitrogens with zero attached hydrogens (tertiary/aromatic N) is 1. The van der Waals surface area contributed by atoms with E-state index in [-0.39, 0.29) is 0 Å². The Morgan fingerprint density at radius 1 is 1.33 bits per heavy atom. The zero-order valence-electron chi connectivity index (χ0n) is 7.86. The summed E-state index contributed by atoms with van der Waals surface area (Å²) in [5.74, 6) is 0. The topological polar surface area (TPSA) is 14.2 Å². The fraction of sp³-hybridized carbons (Fsp3) is 0.600. The Bertz CT molecular complexity index is 194. The maximum absolute atomic E-state index is 5.54. The molecule has 0 spiro atoms. The molecular formula is C10H17NO. The molecule has 0 radical (unpaired) electrons. The van der Waals surface area contributed by atoms with Gasteiger partial charge in [-0.25, -0.2) is 0 Å². The highest BCUT2D eigenvalue weighted by Crippen LogP contribution is 1.96. The largest absolute Gasteiger partial charge is 0.377 e. The zero-order valence-corrected chi connectivity index (χ0v) is 7.86. The van der Waals surface area contributed by atoms with Crippen LogP contribution in [0.2, 0.25) is 0 Å². The van der Waals surface area contributed by atoms with Crippen LogP contribution in [-0.4, -0.2) is 17.3 Å². The van der Waals surface area contributed by atoms with E-state index in [4.69, 9.17) is 4.74 Å². The second-order valence-electron chi connectivity index (χ2n) is 3.01. The van der Waals surface area contributed by atoms with E-state index in [2.05, 4.69) is 30.8 Å². The Hall–Kier alpha value is -0.760. The molecule has 0 aliphatic heterocycles. The highest BCUT2D eigenvalue weighted by Gasteiger charge is 1.96. The van der Waals surface area contributed by atoms with Crippen LogP contribution in [0, 0.1) is 0 Å². The highest BCUT2D eigenvalue weighted by molar-refractivity contribution is 4.89. The molecule has 1 unspecified atom stereocenters. The molecule has 0 saturated carbocycles. The van der Waals surface area contributed by atoms with Crippen LogP contribution in [0.15, 0.2) is 24.5 Å². The molecule has 2 heteroatoms. The first-order chi connectivity index (χ1) is 5.83. The van der Waals surface area contributed by atoms with E-state index in [0.29, 0.717) is 6.10 Å². The van der Waals surface area contributed by atoms with Gasteiger partial charge in [0.05, 0.1) is 12.7 Å². The lowest BCUT2D eigenvalue weighted by molar-refractivity contribution is 0.0581. The van der Waals surface area contributed by atoms with E-state index < -0.39 is 0 Å². The van der Waals surface area contributed by atoms with Crippen LogP contribution in [0.25, 0.3) is 0 Å². The van der Waals surface area contributed by atoms with Gasteiger partial charge in [-0.05, 0) is 25.5 Å². The predicted octanol–water partition coefficient (Wildman–Crippen LogP) is 2.30. The predicted molar refractivity (Wildman–Crippen MR) is 50.1 cm³/mol. The minimum Gasteiger partial charge on any atom is -0.377 e. The molecule has 0 fully saturated rings. The Morgan fingerprint density at radius 3 is 2.58 bits per heavy atom. The van der Waals surface area contributed by atoms with Gasteiger partial charge in [-0.3, -0.25) is 0 Å². The lowest BCUT2D eigenvalue weighted by Crippen LogP contribution is -2.11. The van der Waals surface area contributed by atoms with Crippen molar-refractivity contribution >= 4 is 0 Å². The van der Waals surface area contributed by atoms with Gasteiger partial charge in [0.15, 0.2) is 0 Å². The molecule has 1 aromatic rings. The smallest absolute Gasteiger partial charge is 0.0649 e. The summed E-state index contributed by atoms with van der Waals surface area (Å²) >= 11 is 0. The van der Waals surface area contributed by atoms with E-state index in [1.807, 2.05) is 12.1 Å². The first kappa shape index (κ1) is 9.33. The minimum absolute atomic E-state index is 0.389. The van der Waals surface area contributed by atoms with E-state index in [1.165, 1.54) is 0 Å². The third-order valence-corrected chi connectivity index (χ3v) is 1.99. The van der Waals surface area contributed by atoms with Crippen molar-refractivity contribution in [3.8, 4) is 0 Å². The molecule has 1 heterocycles. The SMILES string of the molecule is CCC(C)OCCn1cccc1. The molecule has 68 valence electrons. The van der Waals surface area contributed by atoms with Crippen LogP contribution in [0.1, 0.15) is 20.3 Å². The van der Waals surface area contributed by atoms with Crippen LogP contribution in [0.3, 0.4) is 0 Å². The molecule has 0 aliphatic rings. The molecule has 0 bridgehead atoms. The summed E-state index contributed by atoms with van der Waals surface area (Å²) in [5, 5.41) is 0. The van der Waals surface area contributed by atoms with Gasteiger partial charge in [0.25, 0.3) is 0 Å². The molecule has 0 saturated heterocycles. The first-order valence-electron chi connectivity index (χ1n) is 4.55. The normalized spacial score (nSPS) is 13.2. The van der Waals surface area contributed by atoms with Gasteiger partial charge in [-0.1, -0.05) is 6.92 Å². The second kappa shape index (κ2) is 4.99. The summed E-state index contributed by atoms with van der Waals surface area (Å²) in [6.07, 6.45) is 5.59. The van der Waals surface area contributed by atoms with Crippen molar-refractivity contribution in [2.75, 3.05) is 6.61 Å². The van der Waals surface area contributed by atoms with Crippen molar-refractivity contribution < 1.29 is 4.74 Å². The molecule has 2 nitrogen and oxygen atoms in total. The van der Waals surface area contributed by atoms with E-state index in [1.54, 1.807) is 0 Å². The molecule has 0 amide bonds. The van der Waals surface area contributed by atoms with Crippen LogP contribution < -0.4 is 0 Å². The first-order valence-corrected chi connectivity index (χ1v) is 4.55. The minimum atomic E-state index is 0.389. The summed E-state index contributed by atoms with van der Waals surface area (Å²) in [6.45, 7) is 6.01. The van der Waals surface area contributed by atoms with Crippen molar-refractivity contribution in [1.82, 2.24) is 4.57 Å². The standard InChI is InChI=1S/C10H17NO/c1-3-10(2)12-9-8-11-6-4-5-7-11/h4-7,10H,3,8-9H2,1-2H3. The number of hydrogen-bond acceptors (Lipinski definition) is 1. The van der Waals surface area contributed by atoms with Gasteiger partial charge in [0.2, 0.25) is 0 Å². The van der Waals surface area contributed by atoms with Gasteiger partial charge in [0.1, 0.15) is 0 Å². The quantitative estimate of drug-likeness (QED) is 0.656. The number of ether oxygens (including phenoxy) is 1. The van der Waals surface area contributed by atoms with E-state index >= 15 is 0 Å². The van der Waals surface area contributed by atoms with Crippen LogP contribution >= 0.6 is 0 Å². The van der Waals surface area contributed by atoms with E-state index in [9.17, 15) is 0 Å². The van der Waals surface area contributed by atoms with Crippen molar-refractivity contribution in [3.05, 3.63) is 24.5 Å². The van der Waals surface area contributed by atoms with Crippen molar-refractivity contribution in [2.45, 2.75) is 32.9 Å². The Kier molecular flexibility index (Phi) is 3.88. The third-order valence-electron chi connectivity index (χ3n) is 1.99. The second-order valence-corrected chi connectivity index (χ2v) is 3.01. The molecular weight excluding hydrogens is 150 g/mol. The maximum atomic E-state index is 5.54. The molecule has 1 atom stereocenters.